The monoisotopic (exact) mass is 257 g/mol. The molecule has 0 saturated heterocycles. The molecule has 1 rings (SSSR count). The minimum atomic E-state index is -0.964. The fraction of sp³-hybridized carbons (Fsp3) is 0.300. The SMILES string of the molecule is N[C@@H](Cc1cccc(CBr)c1)C(=O)O. The van der Waals surface area contributed by atoms with E-state index in [-0.39, 0.29) is 0 Å². The average Bonchev–Trinajstić information content (AvgIpc) is 2.18. The number of benzene rings is 1. The molecule has 1 aromatic carbocycles. The van der Waals surface area contributed by atoms with Gasteiger partial charge in [0.05, 0.1) is 0 Å². The van der Waals surface area contributed by atoms with Crippen LogP contribution in [0.2, 0.25) is 0 Å². The van der Waals surface area contributed by atoms with Gasteiger partial charge in [-0.15, -0.1) is 0 Å². The summed E-state index contributed by atoms with van der Waals surface area (Å²) >= 11 is 3.34. The van der Waals surface area contributed by atoms with Gasteiger partial charge in [0.1, 0.15) is 6.04 Å². The summed E-state index contributed by atoms with van der Waals surface area (Å²) in [6.07, 6.45) is 0.371. The van der Waals surface area contributed by atoms with Crippen molar-refractivity contribution in [2.45, 2.75) is 17.8 Å². The molecular formula is C10H12BrNO2. The Kier molecular flexibility index (Phi) is 4.10. The Morgan fingerprint density at radius 2 is 2.14 bits per heavy atom. The molecule has 3 nitrogen and oxygen atoms in total. The molecular weight excluding hydrogens is 246 g/mol. The van der Waals surface area contributed by atoms with E-state index in [1.165, 1.54) is 0 Å². The van der Waals surface area contributed by atoms with Gasteiger partial charge in [0.15, 0.2) is 0 Å². The summed E-state index contributed by atoms with van der Waals surface area (Å²) in [5, 5.41) is 9.40. The lowest BCUT2D eigenvalue weighted by atomic mass is 10.0. The standard InChI is InChI=1S/C10H12BrNO2/c11-6-8-3-1-2-7(4-8)5-9(12)10(13)14/h1-4,9H,5-6,12H2,(H,13,14)/t9-/m0/s1. The van der Waals surface area contributed by atoms with E-state index >= 15 is 0 Å². The maximum atomic E-state index is 10.5. The topological polar surface area (TPSA) is 63.3 Å². The number of carbonyl (C=O) groups is 1. The predicted octanol–water partition coefficient (Wildman–Crippen LogP) is 1.54. The summed E-state index contributed by atoms with van der Waals surface area (Å²) in [5.74, 6) is -0.964. The summed E-state index contributed by atoms with van der Waals surface area (Å²) < 4.78 is 0. The molecule has 0 saturated carbocycles. The normalized spacial score (nSPS) is 12.4. The molecule has 0 bridgehead atoms. The number of aliphatic carboxylic acids is 1. The van der Waals surface area contributed by atoms with E-state index in [0.717, 1.165) is 16.5 Å². The lowest BCUT2D eigenvalue weighted by Crippen LogP contribution is -2.32. The molecule has 0 radical (unpaired) electrons. The largest absolute Gasteiger partial charge is 0.480 e. The van der Waals surface area contributed by atoms with Crippen LogP contribution in [0.5, 0.6) is 0 Å². The zero-order chi connectivity index (χ0) is 10.6. The van der Waals surface area contributed by atoms with Crippen molar-refractivity contribution in [1.82, 2.24) is 0 Å². The van der Waals surface area contributed by atoms with Crippen LogP contribution in [0.3, 0.4) is 0 Å². The molecule has 3 N–H and O–H groups in total. The van der Waals surface area contributed by atoms with Crippen LogP contribution in [0.1, 0.15) is 11.1 Å². The molecule has 0 fully saturated rings. The van der Waals surface area contributed by atoms with Gasteiger partial charge in [-0.25, -0.2) is 0 Å². The van der Waals surface area contributed by atoms with Gasteiger partial charge in [-0.2, -0.15) is 0 Å². The minimum absolute atomic E-state index is 0.371. The second kappa shape index (κ2) is 5.12. The van der Waals surface area contributed by atoms with Gasteiger partial charge in [-0.3, -0.25) is 4.79 Å². The van der Waals surface area contributed by atoms with Crippen molar-refractivity contribution in [3.05, 3.63) is 35.4 Å². The van der Waals surface area contributed by atoms with Crippen molar-refractivity contribution in [3.63, 3.8) is 0 Å². The molecule has 0 aliphatic carbocycles. The van der Waals surface area contributed by atoms with E-state index in [1.54, 1.807) is 0 Å². The Labute approximate surface area is 91.1 Å². The van der Waals surface area contributed by atoms with Gasteiger partial charge in [0.25, 0.3) is 0 Å². The summed E-state index contributed by atoms with van der Waals surface area (Å²) in [7, 11) is 0. The first-order chi connectivity index (χ1) is 6.63. The Bertz CT molecular complexity index is 328. The van der Waals surface area contributed by atoms with E-state index in [1.807, 2.05) is 24.3 Å². The van der Waals surface area contributed by atoms with Crippen LogP contribution < -0.4 is 5.73 Å². The minimum Gasteiger partial charge on any atom is -0.480 e. The van der Waals surface area contributed by atoms with Crippen LogP contribution in [-0.4, -0.2) is 17.1 Å². The third-order valence-corrected chi connectivity index (χ3v) is 2.57. The molecule has 1 atom stereocenters. The number of rotatable bonds is 4. The van der Waals surface area contributed by atoms with Gasteiger partial charge in [0, 0.05) is 5.33 Å². The highest BCUT2D eigenvalue weighted by molar-refractivity contribution is 9.08. The molecule has 0 spiro atoms. The van der Waals surface area contributed by atoms with Crippen molar-refractivity contribution >= 4 is 21.9 Å². The Balaban J connectivity index is 2.71. The van der Waals surface area contributed by atoms with E-state index in [4.69, 9.17) is 10.8 Å². The van der Waals surface area contributed by atoms with Crippen molar-refractivity contribution in [1.29, 1.82) is 0 Å². The molecule has 0 aromatic heterocycles. The number of halogens is 1. The van der Waals surface area contributed by atoms with Crippen molar-refractivity contribution < 1.29 is 9.90 Å². The Morgan fingerprint density at radius 3 is 2.71 bits per heavy atom. The van der Waals surface area contributed by atoms with Crippen LogP contribution in [-0.2, 0) is 16.5 Å². The quantitative estimate of drug-likeness (QED) is 0.805. The molecule has 0 aliphatic heterocycles. The van der Waals surface area contributed by atoms with Gasteiger partial charge in [0.2, 0.25) is 0 Å². The molecule has 0 heterocycles. The predicted molar refractivity (Wildman–Crippen MR) is 58.4 cm³/mol. The number of hydrogen-bond donors (Lipinski definition) is 2. The summed E-state index contributed by atoms with van der Waals surface area (Å²) in [4.78, 5) is 10.5. The van der Waals surface area contributed by atoms with Gasteiger partial charge in [-0.1, -0.05) is 40.2 Å². The smallest absolute Gasteiger partial charge is 0.320 e. The number of alkyl halides is 1. The maximum Gasteiger partial charge on any atom is 0.320 e. The van der Waals surface area contributed by atoms with Gasteiger partial charge >= 0.3 is 5.97 Å². The van der Waals surface area contributed by atoms with Gasteiger partial charge < -0.3 is 10.8 Å². The highest BCUT2D eigenvalue weighted by Crippen LogP contribution is 2.10. The lowest BCUT2D eigenvalue weighted by molar-refractivity contribution is -0.138. The van der Waals surface area contributed by atoms with Crippen LogP contribution >= 0.6 is 15.9 Å². The average molecular weight is 258 g/mol. The number of nitrogens with two attached hydrogens (primary N) is 1. The maximum absolute atomic E-state index is 10.5. The van der Waals surface area contributed by atoms with E-state index in [0.29, 0.717) is 6.42 Å². The molecule has 0 amide bonds. The third-order valence-electron chi connectivity index (χ3n) is 1.92. The molecule has 76 valence electrons. The second-order valence-corrected chi connectivity index (χ2v) is 3.66. The molecule has 0 aliphatic rings. The van der Waals surface area contributed by atoms with Gasteiger partial charge in [-0.05, 0) is 17.5 Å². The number of carboxylic acid groups (broad SMARTS) is 1. The second-order valence-electron chi connectivity index (χ2n) is 3.10. The zero-order valence-corrected chi connectivity index (χ0v) is 9.20. The number of carboxylic acids is 1. The summed E-state index contributed by atoms with van der Waals surface area (Å²) in [6.45, 7) is 0. The zero-order valence-electron chi connectivity index (χ0n) is 7.61. The van der Waals surface area contributed by atoms with Crippen molar-refractivity contribution in [2.24, 2.45) is 5.73 Å². The lowest BCUT2D eigenvalue weighted by Gasteiger charge is -2.07. The molecule has 1 aromatic rings. The molecule has 0 unspecified atom stereocenters. The van der Waals surface area contributed by atoms with Crippen molar-refractivity contribution in [3.8, 4) is 0 Å². The van der Waals surface area contributed by atoms with Crippen LogP contribution in [0, 0.1) is 0 Å². The van der Waals surface area contributed by atoms with Crippen LogP contribution in [0.15, 0.2) is 24.3 Å². The summed E-state index contributed by atoms with van der Waals surface area (Å²) in [5.41, 5.74) is 7.51. The van der Waals surface area contributed by atoms with E-state index < -0.39 is 12.0 Å². The fourth-order valence-electron chi connectivity index (χ4n) is 1.18. The first kappa shape index (κ1) is 11.2. The molecule has 4 heteroatoms. The summed E-state index contributed by atoms with van der Waals surface area (Å²) in [6, 6.07) is 6.90. The highest BCUT2D eigenvalue weighted by Gasteiger charge is 2.11. The number of hydrogen-bond acceptors (Lipinski definition) is 2. The molecule has 14 heavy (non-hydrogen) atoms. The van der Waals surface area contributed by atoms with Crippen LogP contribution in [0.25, 0.3) is 0 Å². The first-order valence-electron chi connectivity index (χ1n) is 4.25. The first-order valence-corrected chi connectivity index (χ1v) is 5.38. The van der Waals surface area contributed by atoms with E-state index in [9.17, 15) is 4.79 Å². The van der Waals surface area contributed by atoms with Crippen LogP contribution in [0.4, 0.5) is 0 Å². The fourth-order valence-corrected chi connectivity index (χ4v) is 1.53. The van der Waals surface area contributed by atoms with E-state index in [2.05, 4.69) is 15.9 Å². The highest BCUT2D eigenvalue weighted by atomic mass is 79.9. The third kappa shape index (κ3) is 3.12. The Hall–Kier alpha value is -0.870. The van der Waals surface area contributed by atoms with Crippen molar-refractivity contribution in [2.75, 3.05) is 0 Å². The Morgan fingerprint density at radius 1 is 1.50 bits per heavy atom.